The van der Waals surface area contributed by atoms with Gasteiger partial charge in [0.15, 0.2) is 11.5 Å². The predicted octanol–water partition coefficient (Wildman–Crippen LogP) is 1.10. The molecule has 1 fully saturated rings. The van der Waals surface area contributed by atoms with Gasteiger partial charge in [-0.2, -0.15) is 0 Å². The maximum Gasteiger partial charge on any atom is 0.315 e. The Hall–Kier alpha value is -2.15. The van der Waals surface area contributed by atoms with Crippen LogP contribution in [0.1, 0.15) is 6.42 Å². The van der Waals surface area contributed by atoms with Crippen molar-refractivity contribution in [1.29, 1.82) is 0 Å². The summed E-state index contributed by atoms with van der Waals surface area (Å²) in [4.78, 5) is 25.5. The molecule has 1 saturated heterocycles. The molecule has 0 bridgehead atoms. The van der Waals surface area contributed by atoms with E-state index in [2.05, 4.69) is 10.6 Å². The number of urea groups is 1. The number of hydrogen-bond acceptors (Lipinski definition) is 4. The standard InChI is InChI=1S/C15H18ClN3O4/c16-3-4-17-15(21)18-10-7-14(20)19(9-10)11-1-2-12-13(8-11)23-6-5-22-12/h1-2,8,10H,3-7,9H2,(H2,17,18,21). The van der Waals surface area contributed by atoms with E-state index in [1.54, 1.807) is 17.0 Å². The molecule has 2 N–H and O–H groups in total. The van der Waals surface area contributed by atoms with E-state index < -0.39 is 0 Å². The van der Waals surface area contributed by atoms with Crippen molar-refractivity contribution in [2.45, 2.75) is 12.5 Å². The summed E-state index contributed by atoms with van der Waals surface area (Å²) in [6.07, 6.45) is 0.267. The average molecular weight is 340 g/mol. The number of ether oxygens (including phenoxy) is 2. The van der Waals surface area contributed by atoms with E-state index in [9.17, 15) is 9.59 Å². The highest BCUT2D eigenvalue weighted by Crippen LogP contribution is 2.35. The van der Waals surface area contributed by atoms with Crippen LogP contribution in [0.3, 0.4) is 0 Å². The van der Waals surface area contributed by atoms with Crippen LogP contribution in [-0.2, 0) is 4.79 Å². The predicted molar refractivity (Wildman–Crippen MR) is 85.4 cm³/mol. The second kappa shape index (κ2) is 6.95. The second-order valence-electron chi connectivity index (χ2n) is 5.32. The smallest absolute Gasteiger partial charge is 0.315 e. The lowest BCUT2D eigenvalue weighted by Gasteiger charge is -2.22. The summed E-state index contributed by atoms with van der Waals surface area (Å²) >= 11 is 5.52. The zero-order valence-corrected chi connectivity index (χ0v) is 13.3. The Morgan fingerprint density at radius 2 is 2.09 bits per heavy atom. The fraction of sp³-hybridized carbons (Fsp3) is 0.467. The van der Waals surface area contributed by atoms with Gasteiger partial charge in [-0.1, -0.05) is 0 Å². The molecular weight excluding hydrogens is 322 g/mol. The third-order valence-corrected chi connectivity index (χ3v) is 3.87. The third-order valence-electron chi connectivity index (χ3n) is 3.68. The van der Waals surface area contributed by atoms with Gasteiger partial charge in [0.05, 0.1) is 6.04 Å². The lowest BCUT2D eigenvalue weighted by molar-refractivity contribution is -0.117. The van der Waals surface area contributed by atoms with Crippen molar-refractivity contribution in [3.8, 4) is 11.5 Å². The Labute approximate surface area is 138 Å². The van der Waals surface area contributed by atoms with Crippen molar-refractivity contribution in [1.82, 2.24) is 10.6 Å². The van der Waals surface area contributed by atoms with Crippen molar-refractivity contribution < 1.29 is 19.1 Å². The molecule has 1 aromatic carbocycles. The van der Waals surface area contributed by atoms with Crippen LogP contribution in [0.15, 0.2) is 18.2 Å². The normalized spacial score (nSPS) is 19.6. The van der Waals surface area contributed by atoms with Gasteiger partial charge in [-0.15, -0.1) is 11.6 Å². The molecular formula is C15H18ClN3O4. The molecule has 1 unspecified atom stereocenters. The Morgan fingerprint density at radius 1 is 1.30 bits per heavy atom. The zero-order chi connectivity index (χ0) is 16.2. The summed E-state index contributed by atoms with van der Waals surface area (Å²) in [5, 5.41) is 5.40. The van der Waals surface area contributed by atoms with E-state index in [4.69, 9.17) is 21.1 Å². The monoisotopic (exact) mass is 339 g/mol. The molecule has 0 aliphatic carbocycles. The molecule has 2 aliphatic heterocycles. The zero-order valence-electron chi connectivity index (χ0n) is 12.5. The van der Waals surface area contributed by atoms with Crippen molar-refractivity contribution in [3.63, 3.8) is 0 Å². The Balaban J connectivity index is 1.65. The minimum absolute atomic E-state index is 0.0377. The molecule has 23 heavy (non-hydrogen) atoms. The molecule has 2 aliphatic rings. The minimum Gasteiger partial charge on any atom is -0.486 e. The summed E-state index contributed by atoms with van der Waals surface area (Å²) in [7, 11) is 0. The van der Waals surface area contributed by atoms with Gasteiger partial charge >= 0.3 is 6.03 Å². The van der Waals surface area contributed by atoms with E-state index in [1.807, 2.05) is 6.07 Å². The number of nitrogens with one attached hydrogen (secondary N) is 2. The second-order valence-corrected chi connectivity index (χ2v) is 5.70. The fourth-order valence-corrected chi connectivity index (χ4v) is 2.75. The van der Waals surface area contributed by atoms with Gasteiger partial charge in [0.25, 0.3) is 0 Å². The maximum atomic E-state index is 12.2. The molecule has 124 valence electrons. The van der Waals surface area contributed by atoms with Crippen molar-refractivity contribution in [2.75, 3.05) is 37.1 Å². The van der Waals surface area contributed by atoms with E-state index in [0.29, 0.717) is 43.7 Å². The summed E-state index contributed by atoms with van der Waals surface area (Å²) in [6.45, 7) is 1.83. The van der Waals surface area contributed by atoms with E-state index in [1.165, 1.54) is 0 Å². The molecule has 0 aromatic heterocycles. The number of rotatable bonds is 4. The molecule has 8 heteroatoms. The highest BCUT2D eigenvalue weighted by Gasteiger charge is 2.32. The van der Waals surface area contributed by atoms with Crippen LogP contribution in [0.2, 0.25) is 0 Å². The SMILES string of the molecule is O=C(NCCCl)NC1CC(=O)N(c2ccc3c(c2)OCCO3)C1. The summed E-state index contributed by atoms with van der Waals surface area (Å²) in [5.41, 5.74) is 0.740. The largest absolute Gasteiger partial charge is 0.486 e. The summed E-state index contributed by atoms with van der Waals surface area (Å²) < 4.78 is 11.0. The van der Waals surface area contributed by atoms with E-state index in [0.717, 1.165) is 5.69 Å². The van der Waals surface area contributed by atoms with Crippen LogP contribution in [0.25, 0.3) is 0 Å². The van der Waals surface area contributed by atoms with Crippen LogP contribution in [-0.4, -0.2) is 50.2 Å². The lowest BCUT2D eigenvalue weighted by Crippen LogP contribution is -2.43. The molecule has 1 atom stereocenters. The number of halogens is 1. The molecule has 1 aromatic rings. The number of carbonyl (C=O) groups is 2. The first-order chi connectivity index (χ1) is 11.2. The number of alkyl halides is 1. The molecule has 0 saturated carbocycles. The average Bonchev–Trinajstić information content (AvgIpc) is 2.92. The number of nitrogens with zero attached hydrogens (tertiary/aromatic N) is 1. The Bertz CT molecular complexity index is 610. The van der Waals surface area contributed by atoms with Gasteiger partial charge in [-0.25, -0.2) is 4.79 Å². The molecule has 2 heterocycles. The van der Waals surface area contributed by atoms with Crippen LogP contribution in [0.5, 0.6) is 11.5 Å². The molecule has 3 amide bonds. The first-order valence-corrected chi connectivity index (χ1v) is 8.01. The number of benzene rings is 1. The van der Waals surface area contributed by atoms with Crippen molar-refractivity contribution in [3.05, 3.63) is 18.2 Å². The van der Waals surface area contributed by atoms with Crippen LogP contribution in [0, 0.1) is 0 Å². The van der Waals surface area contributed by atoms with Gasteiger partial charge in [0, 0.05) is 37.1 Å². The lowest BCUT2D eigenvalue weighted by atomic mass is 10.2. The Morgan fingerprint density at radius 3 is 2.87 bits per heavy atom. The number of amides is 3. The molecule has 0 spiro atoms. The number of anilines is 1. The first-order valence-electron chi connectivity index (χ1n) is 7.47. The van der Waals surface area contributed by atoms with Crippen LogP contribution in [0.4, 0.5) is 10.5 Å². The van der Waals surface area contributed by atoms with E-state index >= 15 is 0 Å². The van der Waals surface area contributed by atoms with Gasteiger partial charge in [-0.3, -0.25) is 4.79 Å². The van der Waals surface area contributed by atoms with Crippen LogP contribution >= 0.6 is 11.6 Å². The first kappa shape index (κ1) is 15.7. The number of fused-ring (bicyclic) bond motifs is 1. The topological polar surface area (TPSA) is 79.9 Å². The van der Waals surface area contributed by atoms with Gasteiger partial charge in [0.1, 0.15) is 13.2 Å². The highest BCUT2D eigenvalue weighted by molar-refractivity contribution is 6.18. The van der Waals surface area contributed by atoms with Gasteiger partial charge in [0.2, 0.25) is 5.91 Å². The third kappa shape index (κ3) is 3.61. The quantitative estimate of drug-likeness (QED) is 0.805. The number of hydrogen-bond donors (Lipinski definition) is 2. The van der Waals surface area contributed by atoms with Crippen molar-refractivity contribution >= 4 is 29.2 Å². The van der Waals surface area contributed by atoms with Crippen molar-refractivity contribution in [2.24, 2.45) is 0 Å². The molecule has 0 radical (unpaired) electrons. The van der Waals surface area contributed by atoms with Gasteiger partial charge < -0.3 is 25.0 Å². The molecule has 7 nitrogen and oxygen atoms in total. The number of carbonyl (C=O) groups excluding carboxylic acids is 2. The maximum absolute atomic E-state index is 12.2. The summed E-state index contributed by atoms with van der Waals surface area (Å²) in [6, 6.07) is 4.87. The fourth-order valence-electron chi connectivity index (χ4n) is 2.65. The Kier molecular flexibility index (Phi) is 4.76. The molecule has 3 rings (SSSR count). The van der Waals surface area contributed by atoms with Crippen LogP contribution < -0.4 is 25.0 Å². The van der Waals surface area contributed by atoms with Gasteiger partial charge in [-0.05, 0) is 12.1 Å². The van der Waals surface area contributed by atoms with E-state index in [-0.39, 0.29) is 24.4 Å². The summed E-state index contributed by atoms with van der Waals surface area (Å²) in [5.74, 6) is 1.63. The highest BCUT2D eigenvalue weighted by atomic mass is 35.5. The minimum atomic E-state index is -0.313.